The number of nitrogens with one attached hydrogen (secondary N) is 1. The van der Waals surface area contributed by atoms with E-state index in [1.807, 2.05) is 0 Å². The van der Waals surface area contributed by atoms with Crippen LogP contribution in [0.3, 0.4) is 0 Å². The minimum Gasteiger partial charge on any atom is -0.497 e. The number of hydroxylamine groups is 1. The minimum absolute atomic E-state index is 0.0362. The molecule has 1 aromatic rings. The number of carbonyl (C=O) groups excluding carboxylic acids is 1. The van der Waals surface area contributed by atoms with Crippen LogP contribution >= 0.6 is 0 Å². The summed E-state index contributed by atoms with van der Waals surface area (Å²) >= 11 is 0. The van der Waals surface area contributed by atoms with Crippen LogP contribution in [0.1, 0.15) is 6.42 Å². The van der Waals surface area contributed by atoms with Crippen LogP contribution < -0.4 is 10.2 Å². The fourth-order valence-corrected chi connectivity index (χ4v) is 5.26. The zero-order valence-electron chi connectivity index (χ0n) is 13.6. The van der Waals surface area contributed by atoms with Crippen molar-refractivity contribution in [3.05, 3.63) is 24.3 Å². The zero-order chi connectivity index (χ0) is 18.8. The van der Waals surface area contributed by atoms with Crippen LogP contribution in [0.25, 0.3) is 0 Å². The summed E-state index contributed by atoms with van der Waals surface area (Å²) in [6.07, 6.45) is -0.632. The molecule has 1 unspecified atom stereocenters. The number of benzene rings is 1. The predicted molar refractivity (Wildman–Crippen MR) is 86.8 cm³/mol. The van der Waals surface area contributed by atoms with Gasteiger partial charge in [-0.25, -0.2) is 22.3 Å². The van der Waals surface area contributed by atoms with Crippen LogP contribution in [0.2, 0.25) is 0 Å². The maximum Gasteiger partial charge on any atom is 0.277 e. The van der Waals surface area contributed by atoms with Gasteiger partial charge in [0.15, 0.2) is 6.17 Å². The standard InChI is InChI=1S/C13H19N3O7S2/c1-23-10-4-6-11(7-5-10)25(21,22)16-9-3-8-15(24(2,19)20)13(16)12(17)14-18/h4-7,13,18H,3,8-9H2,1-2H3,(H,14,17). The molecule has 0 saturated carbocycles. The second-order valence-electron chi connectivity index (χ2n) is 5.37. The lowest BCUT2D eigenvalue weighted by atomic mass is 10.3. The van der Waals surface area contributed by atoms with Gasteiger partial charge in [0.25, 0.3) is 5.91 Å². The molecule has 10 nitrogen and oxygen atoms in total. The molecule has 12 heteroatoms. The molecule has 1 heterocycles. The largest absolute Gasteiger partial charge is 0.497 e. The van der Waals surface area contributed by atoms with Gasteiger partial charge in [-0.2, -0.15) is 8.61 Å². The highest BCUT2D eigenvalue weighted by atomic mass is 32.2. The van der Waals surface area contributed by atoms with E-state index in [4.69, 9.17) is 9.94 Å². The molecule has 0 bridgehead atoms. The molecule has 1 aliphatic heterocycles. The van der Waals surface area contributed by atoms with E-state index in [2.05, 4.69) is 0 Å². The molecule has 1 saturated heterocycles. The van der Waals surface area contributed by atoms with Gasteiger partial charge in [0.2, 0.25) is 20.0 Å². The van der Waals surface area contributed by atoms with Gasteiger partial charge in [-0.3, -0.25) is 10.0 Å². The maximum absolute atomic E-state index is 12.9. The Bertz CT molecular complexity index is 837. The third-order valence-electron chi connectivity index (χ3n) is 3.74. The number of rotatable bonds is 5. The minimum atomic E-state index is -4.18. The molecule has 1 amide bonds. The van der Waals surface area contributed by atoms with Crippen molar-refractivity contribution in [1.82, 2.24) is 14.1 Å². The topological polar surface area (TPSA) is 133 Å². The van der Waals surface area contributed by atoms with Gasteiger partial charge in [-0.1, -0.05) is 0 Å². The van der Waals surface area contributed by atoms with Crippen molar-refractivity contribution in [3.63, 3.8) is 0 Å². The van der Waals surface area contributed by atoms with E-state index in [0.717, 1.165) is 14.9 Å². The summed E-state index contributed by atoms with van der Waals surface area (Å²) in [5.74, 6) is -0.706. The predicted octanol–water partition coefficient (Wildman–Crippen LogP) is -0.817. The number of amides is 1. The fourth-order valence-electron chi connectivity index (χ4n) is 2.57. The van der Waals surface area contributed by atoms with Crippen molar-refractivity contribution in [1.29, 1.82) is 0 Å². The first-order valence-electron chi connectivity index (χ1n) is 7.19. The summed E-state index contributed by atoms with van der Waals surface area (Å²) in [5, 5.41) is 8.93. The van der Waals surface area contributed by atoms with Crippen molar-refractivity contribution in [2.75, 3.05) is 26.5 Å². The molecular weight excluding hydrogens is 374 g/mol. The van der Waals surface area contributed by atoms with Crippen molar-refractivity contribution in [3.8, 4) is 5.75 Å². The molecule has 1 fully saturated rings. The van der Waals surface area contributed by atoms with Crippen molar-refractivity contribution >= 4 is 26.0 Å². The molecule has 2 rings (SSSR count). The zero-order valence-corrected chi connectivity index (χ0v) is 15.2. The molecule has 140 valence electrons. The maximum atomic E-state index is 12.9. The van der Waals surface area contributed by atoms with Crippen LogP contribution in [0.4, 0.5) is 0 Å². The molecule has 2 N–H and O–H groups in total. The van der Waals surface area contributed by atoms with E-state index in [1.165, 1.54) is 36.9 Å². The third-order valence-corrected chi connectivity index (χ3v) is 6.84. The van der Waals surface area contributed by atoms with E-state index in [-0.39, 0.29) is 24.4 Å². The smallest absolute Gasteiger partial charge is 0.277 e. The van der Waals surface area contributed by atoms with Gasteiger partial charge >= 0.3 is 0 Å². The van der Waals surface area contributed by atoms with Gasteiger partial charge in [0.05, 0.1) is 18.3 Å². The van der Waals surface area contributed by atoms with Crippen molar-refractivity contribution in [2.45, 2.75) is 17.5 Å². The summed E-state index contributed by atoms with van der Waals surface area (Å²) < 4.78 is 56.1. The Hall–Kier alpha value is -1.73. The third kappa shape index (κ3) is 3.93. The summed E-state index contributed by atoms with van der Waals surface area (Å²) in [6, 6.07) is 5.46. The Morgan fingerprint density at radius 2 is 1.72 bits per heavy atom. The summed E-state index contributed by atoms with van der Waals surface area (Å²) in [5.41, 5.74) is 1.34. The van der Waals surface area contributed by atoms with Crippen LogP contribution in [0.5, 0.6) is 5.75 Å². The highest BCUT2D eigenvalue weighted by Crippen LogP contribution is 2.26. The normalized spacial score (nSPS) is 20.2. The van der Waals surface area contributed by atoms with E-state index >= 15 is 0 Å². The Morgan fingerprint density at radius 3 is 2.20 bits per heavy atom. The molecule has 1 aliphatic rings. The van der Waals surface area contributed by atoms with Gasteiger partial charge in [0.1, 0.15) is 5.75 Å². The second-order valence-corrected chi connectivity index (χ2v) is 9.19. The Kier molecular flexibility index (Phi) is 5.68. The lowest BCUT2D eigenvalue weighted by Gasteiger charge is -2.39. The molecule has 0 radical (unpaired) electrons. The number of methoxy groups -OCH3 is 1. The number of nitrogens with zero attached hydrogens (tertiary/aromatic N) is 2. The first-order chi connectivity index (χ1) is 11.6. The summed E-state index contributed by atoms with van der Waals surface area (Å²) in [6.45, 7) is -0.107. The average molecular weight is 393 g/mol. The highest BCUT2D eigenvalue weighted by molar-refractivity contribution is 7.89. The average Bonchev–Trinajstić information content (AvgIpc) is 2.59. The molecular formula is C13H19N3O7S2. The fraction of sp³-hybridized carbons (Fsp3) is 0.462. The van der Waals surface area contributed by atoms with Crippen molar-refractivity contribution in [2.24, 2.45) is 0 Å². The van der Waals surface area contributed by atoms with Crippen LogP contribution in [-0.2, 0) is 24.8 Å². The lowest BCUT2D eigenvalue weighted by molar-refractivity contribution is -0.138. The number of hydrogen-bond acceptors (Lipinski definition) is 7. The Morgan fingerprint density at radius 1 is 1.16 bits per heavy atom. The van der Waals surface area contributed by atoms with Crippen LogP contribution in [-0.4, -0.2) is 69.2 Å². The Balaban J connectivity index is 2.50. The van der Waals surface area contributed by atoms with Gasteiger partial charge < -0.3 is 4.74 Å². The van der Waals surface area contributed by atoms with Gasteiger partial charge in [-0.15, -0.1) is 0 Å². The first-order valence-corrected chi connectivity index (χ1v) is 10.5. The quantitative estimate of drug-likeness (QED) is 0.493. The van der Waals surface area contributed by atoms with Gasteiger partial charge in [0, 0.05) is 13.1 Å². The Labute approximate surface area is 146 Å². The van der Waals surface area contributed by atoms with E-state index in [1.54, 1.807) is 0 Å². The number of carbonyl (C=O) groups is 1. The monoisotopic (exact) mass is 393 g/mol. The SMILES string of the molecule is COc1ccc(S(=O)(=O)N2CCCN(S(C)(=O)=O)C2C(=O)NO)cc1. The highest BCUT2D eigenvalue weighted by Gasteiger charge is 2.45. The number of ether oxygens (including phenoxy) is 1. The summed E-state index contributed by atoms with van der Waals surface area (Å²) in [4.78, 5) is 11.9. The van der Waals surface area contributed by atoms with Crippen LogP contribution in [0.15, 0.2) is 29.2 Å². The molecule has 1 atom stereocenters. The molecule has 0 spiro atoms. The second kappa shape index (κ2) is 7.25. The lowest BCUT2D eigenvalue weighted by Crippen LogP contribution is -2.62. The van der Waals surface area contributed by atoms with E-state index < -0.39 is 32.1 Å². The first kappa shape index (κ1) is 19.6. The van der Waals surface area contributed by atoms with E-state index in [9.17, 15) is 21.6 Å². The van der Waals surface area contributed by atoms with Crippen LogP contribution in [0, 0.1) is 0 Å². The summed E-state index contributed by atoms with van der Waals surface area (Å²) in [7, 11) is -6.64. The molecule has 0 aliphatic carbocycles. The van der Waals surface area contributed by atoms with Gasteiger partial charge in [-0.05, 0) is 30.7 Å². The number of sulfonamides is 2. The van der Waals surface area contributed by atoms with E-state index in [0.29, 0.717) is 5.75 Å². The number of hydrogen-bond donors (Lipinski definition) is 2. The molecule has 1 aromatic carbocycles. The molecule has 0 aromatic heterocycles. The molecule has 25 heavy (non-hydrogen) atoms. The van der Waals surface area contributed by atoms with Crippen molar-refractivity contribution < 1.29 is 31.6 Å².